The van der Waals surface area contributed by atoms with Crippen molar-refractivity contribution in [1.82, 2.24) is 34.2 Å². The highest BCUT2D eigenvalue weighted by molar-refractivity contribution is 5.80. The number of hydrogen-bond donors (Lipinski definition) is 0. The van der Waals surface area contributed by atoms with Gasteiger partial charge in [-0.1, -0.05) is 6.07 Å². The molecule has 1 aliphatic rings. The number of amides is 1. The van der Waals surface area contributed by atoms with Crippen molar-refractivity contribution >= 4 is 5.91 Å². The second-order valence-corrected chi connectivity index (χ2v) is 6.89. The molecule has 0 unspecified atom stereocenters. The van der Waals surface area contributed by atoms with E-state index in [-0.39, 0.29) is 11.9 Å². The van der Waals surface area contributed by atoms with Gasteiger partial charge in [-0.2, -0.15) is 5.10 Å². The third-order valence-electron chi connectivity index (χ3n) is 5.17. The Labute approximate surface area is 157 Å². The lowest BCUT2D eigenvalue weighted by atomic mass is 9.95. The molecule has 4 heterocycles. The first-order valence-electron chi connectivity index (χ1n) is 9.26. The lowest BCUT2D eigenvalue weighted by Crippen LogP contribution is -2.41. The van der Waals surface area contributed by atoms with Gasteiger partial charge in [0.1, 0.15) is 24.5 Å². The summed E-state index contributed by atoms with van der Waals surface area (Å²) in [6, 6.07) is 5.62. The van der Waals surface area contributed by atoms with Gasteiger partial charge in [-0.25, -0.2) is 14.6 Å². The molecule has 8 heteroatoms. The van der Waals surface area contributed by atoms with Crippen molar-refractivity contribution in [1.29, 1.82) is 0 Å². The first-order chi connectivity index (χ1) is 13.2. The number of pyridine rings is 1. The van der Waals surface area contributed by atoms with Crippen LogP contribution in [0.2, 0.25) is 0 Å². The number of nitrogens with zero attached hydrogens (tertiary/aromatic N) is 7. The molecule has 4 rings (SSSR count). The van der Waals surface area contributed by atoms with E-state index in [4.69, 9.17) is 0 Å². The van der Waals surface area contributed by atoms with Crippen LogP contribution in [0.4, 0.5) is 0 Å². The van der Waals surface area contributed by atoms with Crippen LogP contribution < -0.4 is 0 Å². The van der Waals surface area contributed by atoms with E-state index in [2.05, 4.69) is 24.6 Å². The quantitative estimate of drug-likeness (QED) is 0.690. The maximum absolute atomic E-state index is 12.7. The van der Waals surface area contributed by atoms with E-state index in [0.29, 0.717) is 5.92 Å². The van der Waals surface area contributed by atoms with Gasteiger partial charge in [0.25, 0.3) is 0 Å². The molecule has 0 aliphatic carbocycles. The van der Waals surface area contributed by atoms with Crippen molar-refractivity contribution in [2.24, 2.45) is 0 Å². The lowest BCUT2D eigenvalue weighted by Gasteiger charge is -2.33. The molecule has 1 atom stereocenters. The van der Waals surface area contributed by atoms with E-state index in [1.807, 2.05) is 48.6 Å². The van der Waals surface area contributed by atoms with Crippen LogP contribution in [0, 0.1) is 0 Å². The van der Waals surface area contributed by atoms with E-state index >= 15 is 0 Å². The van der Waals surface area contributed by atoms with Crippen LogP contribution in [0.5, 0.6) is 0 Å². The Hall–Kier alpha value is -3.03. The van der Waals surface area contributed by atoms with Crippen molar-refractivity contribution in [2.75, 3.05) is 13.1 Å². The van der Waals surface area contributed by atoms with Gasteiger partial charge in [0, 0.05) is 37.6 Å². The maximum atomic E-state index is 12.7. The number of carbonyl (C=O) groups is 1. The second-order valence-electron chi connectivity index (χ2n) is 6.89. The smallest absolute Gasteiger partial charge is 0.247 e. The predicted octanol–water partition coefficient (Wildman–Crippen LogP) is 1.89. The zero-order chi connectivity index (χ0) is 18.6. The van der Waals surface area contributed by atoms with Crippen LogP contribution in [0.3, 0.4) is 0 Å². The standard InChI is InChI=1S/C19H23N7O/c1-15(26-14-20-13-23-26)19(27)24-9-5-16(6-10-24)18-22-8-11-25(18)12-17-4-2-3-7-21-17/h2-4,7-8,11,13-16H,5-6,9-10,12H2,1H3/t15-/m0/s1. The number of aromatic nitrogens is 6. The molecular formula is C19H23N7O. The molecule has 0 radical (unpaired) electrons. The van der Waals surface area contributed by atoms with E-state index in [9.17, 15) is 4.79 Å². The number of carbonyl (C=O) groups excluding carboxylic acids is 1. The highest BCUT2D eigenvalue weighted by atomic mass is 16.2. The largest absolute Gasteiger partial charge is 0.341 e. The summed E-state index contributed by atoms with van der Waals surface area (Å²) in [5.74, 6) is 1.53. The summed E-state index contributed by atoms with van der Waals surface area (Å²) in [6.07, 6.45) is 10.5. The zero-order valence-corrected chi connectivity index (χ0v) is 15.3. The van der Waals surface area contributed by atoms with E-state index in [1.54, 1.807) is 11.0 Å². The molecule has 1 amide bonds. The summed E-state index contributed by atoms with van der Waals surface area (Å²) in [6.45, 7) is 4.05. The van der Waals surface area contributed by atoms with Crippen molar-refractivity contribution in [2.45, 2.75) is 38.3 Å². The van der Waals surface area contributed by atoms with Crippen molar-refractivity contribution in [3.63, 3.8) is 0 Å². The fourth-order valence-electron chi connectivity index (χ4n) is 3.63. The van der Waals surface area contributed by atoms with Gasteiger partial charge < -0.3 is 9.47 Å². The summed E-state index contributed by atoms with van der Waals surface area (Å²) in [5.41, 5.74) is 1.02. The van der Waals surface area contributed by atoms with Crippen LogP contribution in [0.25, 0.3) is 0 Å². The molecule has 3 aromatic heterocycles. The predicted molar refractivity (Wildman–Crippen MR) is 98.9 cm³/mol. The zero-order valence-electron chi connectivity index (χ0n) is 15.3. The van der Waals surface area contributed by atoms with Gasteiger partial charge in [0.2, 0.25) is 5.91 Å². The second kappa shape index (κ2) is 7.69. The van der Waals surface area contributed by atoms with Gasteiger partial charge in [0.05, 0.1) is 12.2 Å². The van der Waals surface area contributed by atoms with Gasteiger partial charge in [-0.05, 0) is 31.9 Å². The SMILES string of the molecule is C[C@@H](C(=O)N1CCC(c2nccn2Cc2ccccn2)CC1)n1cncn1. The van der Waals surface area contributed by atoms with Crippen LogP contribution in [0.15, 0.2) is 49.4 Å². The Kier molecular flexibility index (Phi) is 4.95. The minimum atomic E-state index is -0.324. The number of rotatable bonds is 5. The Bertz CT molecular complexity index is 867. The Balaban J connectivity index is 1.39. The highest BCUT2D eigenvalue weighted by Gasteiger charge is 2.29. The lowest BCUT2D eigenvalue weighted by molar-refractivity contribution is -0.135. The fourth-order valence-corrected chi connectivity index (χ4v) is 3.63. The third-order valence-corrected chi connectivity index (χ3v) is 5.17. The first-order valence-corrected chi connectivity index (χ1v) is 9.26. The van der Waals surface area contributed by atoms with Crippen molar-refractivity contribution in [3.05, 3.63) is 61.0 Å². The highest BCUT2D eigenvalue weighted by Crippen LogP contribution is 2.28. The number of hydrogen-bond acceptors (Lipinski definition) is 5. The third kappa shape index (κ3) is 3.74. The van der Waals surface area contributed by atoms with Crippen LogP contribution in [-0.2, 0) is 11.3 Å². The summed E-state index contributed by atoms with van der Waals surface area (Å²) in [7, 11) is 0. The maximum Gasteiger partial charge on any atom is 0.247 e. The topological polar surface area (TPSA) is 81.7 Å². The van der Waals surface area contributed by atoms with Crippen LogP contribution in [0.1, 0.15) is 43.2 Å². The molecule has 0 saturated carbocycles. The monoisotopic (exact) mass is 365 g/mol. The molecule has 140 valence electrons. The molecule has 8 nitrogen and oxygen atoms in total. The summed E-state index contributed by atoms with van der Waals surface area (Å²) in [4.78, 5) is 27.6. The van der Waals surface area contributed by atoms with Crippen molar-refractivity contribution < 1.29 is 4.79 Å². The van der Waals surface area contributed by atoms with Gasteiger partial charge in [0.15, 0.2) is 0 Å². The number of likely N-dealkylation sites (tertiary alicyclic amines) is 1. The molecule has 3 aromatic rings. The molecule has 1 saturated heterocycles. The Morgan fingerprint density at radius 3 is 2.78 bits per heavy atom. The average Bonchev–Trinajstić information content (AvgIpc) is 3.40. The summed E-state index contributed by atoms with van der Waals surface area (Å²) < 4.78 is 3.77. The van der Waals surface area contributed by atoms with Crippen LogP contribution in [-0.4, -0.2) is 53.2 Å². The van der Waals surface area contributed by atoms with E-state index in [0.717, 1.165) is 44.0 Å². The minimum Gasteiger partial charge on any atom is -0.341 e. The van der Waals surface area contributed by atoms with E-state index in [1.165, 1.54) is 6.33 Å². The normalized spacial score (nSPS) is 16.4. The Morgan fingerprint density at radius 1 is 1.22 bits per heavy atom. The molecule has 27 heavy (non-hydrogen) atoms. The number of piperidine rings is 1. The van der Waals surface area contributed by atoms with Gasteiger partial charge >= 0.3 is 0 Å². The van der Waals surface area contributed by atoms with Gasteiger partial charge in [-0.3, -0.25) is 9.78 Å². The molecule has 1 aliphatic heterocycles. The number of imidazole rings is 1. The minimum absolute atomic E-state index is 0.0933. The van der Waals surface area contributed by atoms with Gasteiger partial charge in [-0.15, -0.1) is 0 Å². The van der Waals surface area contributed by atoms with E-state index < -0.39 is 0 Å². The fraction of sp³-hybridized carbons (Fsp3) is 0.421. The molecule has 0 aromatic carbocycles. The summed E-state index contributed by atoms with van der Waals surface area (Å²) >= 11 is 0. The molecule has 0 bridgehead atoms. The molecule has 0 spiro atoms. The average molecular weight is 365 g/mol. The first kappa shape index (κ1) is 17.4. The summed E-state index contributed by atoms with van der Waals surface area (Å²) in [5, 5.41) is 4.08. The molecule has 0 N–H and O–H groups in total. The molecule has 1 fully saturated rings. The van der Waals surface area contributed by atoms with Crippen LogP contribution >= 0.6 is 0 Å². The molecular weight excluding hydrogens is 342 g/mol. The Morgan fingerprint density at radius 2 is 2.07 bits per heavy atom. The van der Waals surface area contributed by atoms with Crippen molar-refractivity contribution in [3.8, 4) is 0 Å².